The Bertz CT molecular complexity index is 324. The number of carbonyl (C=O) groups is 1. The first-order valence-electron chi connectivity index (χ1n) is 6.58. The Morgan fingerprint density at radius 3 is 2.12 bits per heavy atom. The van der Waals surface area contributed by atoms with Gasteiger partial charge >= 0.3 is 5.97 Å². The molecule has 88 valence electrons. The van der Waals surface area contributed by atoms with E-state index in [0.717, 1.165) is 11.8 Å². The summed E-state index contributed by atoms with van der Waals surface area (Å²) in [6, 6.07) is 0. The van der Waals surface area contributed by atoms with E-state index in [1.165, 1.54) is 32.1 Å². The van der Waals surface area contributed by atoms with Crippen LogP contribution in [0.1, 0.15) is 39.0 Å². The second-order valence-electron chi connectivity index (χ2n) is 6.21. The van der Waals surface area contributed by atoms with Crippen LogP contribution in [0, 0.1) is 23.7 Å². The average Bonchev–Trinajstić information content (AvgIpc) is 2.52. The Labute approximate surface area is 100 Å². The molecule has 4 bridgehead atoms. The Hall–Kier alpha value is -0.180. The van der Waals surface area contributed by atoms with Crippen molar-refractivity contribution >= 4 is 17.7 Å². The fourth-order valence-electron chi connectivity index (χ4n) is 4.79. The van der Waals surface area contributed by atoms with Gasteiger partial charge in [-0.3, -0.25) is 4.79 Å². The van der Waals surface area contributed by atoms with Gasteiger partial charge in [0.1, 0.15) is 5.25 Å². The zero-order chi connectivity index (χ0) is 10.9. The Morgan fingerprint density at radius 2 is 1.69 bits per heavy atom. The van der Waals surface area contributed by atoms with Crippen molar-refractivity contribution in [2.45, 2.75) is 49.2 Å². The molecule has 0 N–H and O–H groups in total. The molecule has 0 amide bonds. The molecule has 0 aromatic heterocycles. The molecule has 3 heteroatoms. The highest BCUT2D eigenvalue weighted by atomic mass is 32.2. The lowest BCUT2D eigenvalue weighted by molar-refractivity contribution is -0.173. The molecule has 1 spiro atoms. The van der Waals surface area contributed by atoms with Crippen molar-refractivity contribution in [2.24, 2.45) is 23.7 Å². The van der Waals surface area contributed by atoms with Gasteiger partial charge in [0.2, 0.25) is 0 Å². The lowest BCUT2D eigenvalue weighted by Gasteiger charge is -2.58. The standard InChI is InChI=1S/C13H18O2S/c1-7-12(14)15-13(16-7)10-3-8-2-9(5-10)6-11(13)4-8/h7-11H,2-6H2,1H3/t7-,8?,9?,10?,11?,13?/m0/s1. The van der Waals surface area contributed by atoms with Crippen molar-refractivity contribution in [3.63, 3.8) is 0 Å². The minimum Gasteiger partial charge on any atom is -0.446 e. The number of thioether (sulfide) groups is 1. The maximum absolute atomic E-state index is 11.7. The van der Waals surface area contributed by atoms with E-state index in [0.29, 0.717) is 11.8 Å². The first-order chi connectivity index (χ1) is 7.67. The topological polar surface area (TPSA) is 26.3 Å². The van der Waals surface area contributed by atoms with Gasteiger partial charge in [-0.25, -0.2) is 0 Å². The van der Waals surface area contributed by atoms with Gasteiger partial charge in [0.15, 0.2) is 4.93 Å². The molecule has 16 heavy (non-hydrogen) atoms. The summed E-state index contributed by atoms with van der Waals surface area (Å²) < 4.78 is 5.86. The smallest absolute Gasteiger partial charge is 0.320 e. The number of hydrogen-bond acceptors (Lipinski definition) is 3. The van der Waals surface area contributed by atoms with Crippen LogP contribution < -0.4 is 0 Å². The highest BCUT2D eigenvalue weighted by Crippen LogP contribution is 2.65. The Kier molecular flexibility index (Phi) is 1.83. The van der Waals surface area contributed by atoms with E-state index in [9.17, 15) is 4.79 Å². The molecule has 4 aliphatic carbocycles. The van der Waals surface area contributed by atoms with Crippen molar-refractivity contribution in [1.82, 2.24) is 0 Å². The number of esters is 1. The van der Waals surface area contributed by atoms with Gasteiger partial charge in [0.05, 0.1) is 0 Å². The van der Waals surface area contributed by atoms with Crippen LogP contribution in [-0.2, 0) is 9.53 Å². The van der Waals surface area contributed by atoms with E-state index in [4.69, 9.17) is 4.74 Å². The van der Waals surface area contributed by atoms with Crippen molar-refractivity contribution in [3.8, 4) is 0 Å². The summed E-state index contributed by atoms with van der Waals surface area (Å²) in [5.74, 6) is 3.27. The zero-order valence-corrected chi connectivity index (χ0v) is 10.5. The Balaban J connectivity index is 1.72. The van der Waals surface area contributed by atoms with E-state index in [-0.39, 0.29) is 16.2 Å². The molecule has 4 saturated carbocycles. The van der Waals surface area contributed by atoms with Gasteiger partial charge in [-0.1, -0.05) is 11.8 Å². The van der Waals surface area contributed by atoms with Gasteiger partial charge < -0.3 is 4.74 Å². The predicted molar refractivity (Wildman–Crippen MR) is 62.9 cm³/mol. The monoisotopic (exact) mass is 238 g/mol. The van der Waals surface area contributed by atoms with Crippen LogP contribution in [0.2, 0.25) is 0 Å². The van der Waals surface area contributed by atoms with Crippen molar-refractivity contribution in [3.05, 3.63) is 0 Å². The summed E-state index contributed by atoms with van der Waals surface area (Å²) in [5, 5.41) is 0.0672. The lowest BCUT2D eigenvalue weighted by atomic mass is 9.54. The molecule has 1 atom stereocenters. The second-order valence-corrected chi connectivity index (χ2v) is 7.79. The van der Waals surface area contributed by atoms with E-state index in [1.54, 1.807) is 0 Å². The maximum atomic E-state index is 11.7. The maximum Gasteiger partial charge on any atom is 0.320 e. The molecular weight excluding hydrogens is 220 g/mol. The van der Waals surface area contributed by atoms with Gasteiger partial charge in [-0.2, -0.15) is 0 Å². The van der Waals surface area contributed by atoms with Gasteiger partial charge in [-0.05, 0) is 50.9 Å². The number of carbonyl (C=O) groups excluding carboxylic acids is 1. The van der Waals surface area contributed by atoms with Gasteiger partial charge in [-0.15, -0.1) is 0 Å². The van der Waals surface area contributed by atoms with Crippen LogP contribution in [0.4, 0.5) is 0 Å². The molecule has 5 aliphatic rings. The molecule has 0 aromatic rings. The van der Waals surface area contributed by atoms with E-state index >= 15 is 0 Å². The number of hydrogen-bond donors (Lipinski definition) is 0. The molecule has 2 nitrogen and oxygen atoms in total. The van der Waals surface area contributed by atoms with Crippen molar-refractivity contribution in [2.75, 3.05) is 0 Å². The van der Waals surface area contributed by atoms with Crippen LogP contribution in [0.25, 0.3) is 0 Å². The fraction of sp³-hybridized carbons (Fsp3) is 0.923. The first kappa shape index (κ1) is 9.81. The minimum atomic E-state index is -0.0933. The molecule has 5 fully saturated rings. The van der Waals surface area contributed by atoms with Crippen LogP contribution in [0.5, 0.6) is 0 Å². The first-order valence-corrected chi connectivity index (χ1v) is 7.46. The predicted octanol–water partition coefficient (Wildman–Crippen LogP) is 2.82. The largest absolute Gasteiger partial charge is 0.446 e. The summed E-state index contributed by atoms with van der Waals surface area (Å²) in [5.41, 5.74) is 0. The highest BCUT2D eigenvalue weighted by molar-refractivity contribution is 8.02. The van der Waals surface area contributed by atoms with Gasteiger partial charge in [0.25, 0.3) is 0 Å². The number of rotatable bonds is 0. The summed E-state index contributed by atoms with van der Waals surface area (Å²) in [7, 11) is 0. The number of ether oxygens (including phenoxy) is 1. The highest BCUT2D eigenvalue weighted by Gasteiger charge is 2.63. The summed E-state index contributed by atoms with van der Waals surface area (Å²) >= 11 is 1.84. The SMILES string of the molecule is C[C@@H]1SC2(OC1=O)C1CC3CC(C1)CC2C3. The zero-order valence-electron chi connectivity index (χ0n) is 9.65. The lowest BCUT2D eigenvalue weighted by Crippen LogP contribution is -2.55. The fourth-order valence-corrected chi connectivity index (χ4v) is 6.39. The molecule has 0 unspecified atom stereocenters. The van der Waals surface area contributed by atoms with Crippen LogP contribution >= 0.6 is 11.8 Å². The van der Waals surface area contributed by atoms with Crippen molar-refractivity contribution < 1.29 is 9.53 Å². The molecule has 0 radical (unpaired) electrons. The summed E-state index contributed by atoms with van der Waals surface area (Å²) in [6.07, 6.45) is 6.73. The molecule has 1 aliphatic heterocycles. The van der Waals surface area contributed by atoms with Crippen LogP contribution in [-0.4, -0.2) is 16.2 Å². The third-order valence-electron chi connectivity index (χ3n) is 5.23. The van der Waals surface area contributed by atoms with Gasteiger partial charge in [0, 0.05) is 11.8 Å². The third-order valence-corrected chi connectivity index (χ3v) is 6.89. The van der Waals surface area contributed by atoms with Crippen LogP contribution in [0.15, 0.2) is 0 Å². The molecule has 5 rings (SSSR count). The molecule has 1 heterocycles. The molecule has 1 saturated heterocycles. The Morgan fingerprint density at radius 1 is 1.12 bits per heavy atom. The second kappa shape index (κ2) is 2.98. The minimum absolute atomic E-state index is 0.0393. The van der Waals surface area contributed by atoms with E-state index in [2.05, 4.69) is 0 Å². The normalized spacial score (nSPS) is 58.3. The quantitative estimate of drug-likeness (QED) is 0.607. The van der Waals surface area contributed by atoms with Crippen LogP contribution in [0.3, 0.4) is 0 Å². The third kappa shape index (κ3) is 1.08. The summed E-state index contributed by atoms with van der Waals surface area (Å²) in [6.45, 7) is 2.01. The molecule has 0 aromatic carbocycles. The molecular formula is C13H18O2S. The van der Waals surface area contributed by atoms with Crippen molar-refractivity contribution in [1.29, 1.82) is 0 Å². The average molecular weight is 238 g/mol. The summed E-state index contributed by atoms with van der Waals surface area (Å²) in [4.78, 5) is 11.6. The van der Waals surface area contributed by atoms with E-state index < -0.39 is 0 Å². The van der Waals surface area contributed by atoms with E-state index in [1.807, 2.05) is 18.7 Å².